The lowest BCUT2D eigenvalue weighted by Crippen LogP contribution is -2.21. The maximum absolute atomic E-state index is 12.9. The minimum absolute atomic E-state index is 0.0431. The van der Waals surface area contributed by atoms with Gasteiger partial charge in [0.05, 0.1) is 20.8 Å². The zero-order valence-electron chi connectivity index (χ0n) is 17.9. The van der Waals surface area contributed by atoms with Crippen LogP contribution in [0.2, 0.25) is 0 Å². The number of benzene rings is 2. The van der Waals surface area contributed by atoms with Crippen LogP contribution < -0.4 is 15.0 Å². The van der Waals surface area contributed by atoms with Gasteiger partial charge in [-0.15, -0.1) is 5.10 Å². The Morgan fingerprint density at radius 1 is 1.00 bits per heavy atom. The van der Waals surface area contributed by atoms with E-state index < -0.39 is 0 Å². The smallest absolute Gasteiger partial charge is 0.283 e. The van der Waals surface area contributed by atoms with Crippen LogP contribution in [0, 0.1) is 0 Å². The van der Waals surface area contributed by atoms with Crippen molar-refractivity contribution in [2.24, 2.45) is 0 Å². The lowest BCUT2D eigenvalue weighted by molar-refractivity contribution is 0.369. The van der Waals surface area contributed by atoms with Gasteiger partial charge in [0.2, 0.25) is 11.7 Å². The number of aromatic nitrogens is 7. The summed E-state index contributed by atoms with van der Waals surface area (Å²) in [5.74, 6) is 1.78. The number of fused-ring (bicyclic) bond motifs is 1. The standard InChI is InChI=1S/C22H19N7O4/c1-31-16-8-15(9-17(10-16)32-2)20-24-18(33-26-20)12-28-13-23-21-19(22(28)30)25-27-29(21)11-14-6-4-3-5-7-14/h3-10,13H,11-12H2,1-2H3. The molecule has 0 aliphatic rings. The normalized spacial score (nSPS) is 11.1. The zero-order valence-corrected chi connectivity index (χ0v) is 17.9. The SMILES string of the molecule is COc1cc(OC)cc(-c2noc(Cn3cnc4c(nnn4Cc4ccccc4)c3=O)n2)c1. The van der Waals surface area contributed by atoms with Gasteiger partial charge in [0, 0.05) is 11.6 Å². The first-order valence-corrected chi connectivity index (χ1v) is 10.0. The number of nitrogens with zero attached hydrogens (tertiary/aromatic N) is 7. The molecule has 0 fully saturated rings. The van der Waals surface area contributed by atoms with Gasteiger partial charge in [0.25, 0.3) is 5.56 Å². The highest BCUT2D eigenvalue weighted by Gasteiger charge is 2.16. The minimum Gasteiger partial charge on any atom is -0.497 e. The molecular formula is C22H19N7O4. The van der Waals surface area contributed by atoms with Crippen molar-refractivity contribution < 1.29 is 14.0 Å². The van der Waals surface area contributed by atoms with E-state index in [1.165, 1.54) is 10.9 Å². The van der Waals surface area contributed by atoms with E-state index >= 15 is 0 Å². The number of hydrogen-bond acceptors (Lipinski definition) is 9. The maximum atomic E-state index is 12.9. The largest absolute Gasteiger partial charge is 0.497 e. The molecule has 0 aliphatic heterocycles. The molecule has 3 aromatic heterocycles. The van der Waals surface area contributed by atoms with Crippen LogP contribution in [0.3, 0.4) is 0 Å². The molecule has 5 aromatic rings. The molecule has 2 aromatic carbocycles. The van der Waals surface area contributed by atoms with Crippen molar-refractivity contribution in [1.82, 2.24) is 34.7 Å². The van der Waals surface area contributed by atoms with Gasteiger partial charge in [-0.25, -0.2) is 9.67 Å². The van der Waals surface area contributed by atoms with Crippen LogP contribution in [0.25, 0.3) is 22.6 Å². The van der Waals surface area contributed by atoms with Gasteiger partial charge < -0.3 is 14.0 Å². The third-order valence-corrected chi connectivity index (χ3v) is 5.05. The first kappa shape index (κ1) is 20.4. The van der Waals surface area contributed by atoms with Crippen LogP contribution in [0.15, 0.2) is 64.2 Å². The monoisotopic (exact) mass is 445 g/mol. The Bertz CT molecular complexity index is 1450. The molecular weight excluding hydrogens is 426 g/mol. The highest BCUT2D eigenvalue weighted by molar-refractivity contribution is 5.67. The minimum atomic E-state index is -0.345. The average Bonchev–Trinajstić information content (AvgIpc) is 3.49. The molecule has 0 radical (unpaired) electrons. The fourth-order valence-electron chi connectivity index (χ4n) is 3.38. The number of hydrogen-bond donors (Lipinski definition) is 0. The Kier molecular flexibility index (Phi) is 5.27. The lowest BCUT2D eigenvalue weighted by atomic mass is 10.2. The molecule has 0 saturated carbocycles. The Hall–Kier alpha value is -4.54. The summed E-state index contributed by atoms with van der Waals surface area (Å²) >= 11 is 0. The van der Waals surface area contributed by atoms with E-state index in [9.17, 15) is 4.79 Å². The van der Waals surface area contributed by atoms with E-state index in [4.69, 9.17) is 14.0 Å². The first-order valence-electron chi connectivity index (χ1n) is 10.0. The quantitative estimate of drug-likeness (QED) is 0.371. The second-order valence-corrected chi connectivity index (χ2v) is 7.20. The van der Waals surface area contributed by atoms with Crippen molar-refractivity contribution in [3.05, 3.63) is 76.7 Å². The Morgan fingerprint density at radius 3 is 2.48 bits per heavy atom. The second-order valence-electron chi connectivity index (χ2n) is 7.20. The fourth-order valence-corrected chi connectivity index (χ4v) is 3.38. The van der Waals surface area contributed by atoms with E-state index in [1.807, 2.05) is 30.3 Å². The zero-order chi connectivity index (χ0) is 22.8. The third-order valence-electron chi connectivity index (χ3n) is 5.05. The van der Waals surface area contributed by atoms with E-state index in [-0.39, 0.29) is 23.5 Å². The molecule has 33 heavy (non-hydrogen) atoms. The summed E-state index contributed by atoms with van der Waals surface area (Å²) in [5, 5.41) is 12.1. The average molecular weight is 445 g/mol. The molecule has 11 nitrogen and oxygen atoms in total. The van der Waals surface area contributed by atoms with Gasteiger partial charge in [-0.1, -0.05) is 40.7 Å². The fraction of sp³-hybridized carbons (Fsp3) is 0.182. The summed E-state index contributed by atoms with van der Waals surface area (Å²) in [6.07, 6.45) is 1.42. The predicted molar refractivity (Wildman–Crippen MR) is 117 cm³/mol. The molecule has 0 spiro atoms. The maximum Gasteiger partial charge on any atom is 0.283 e. The van der Waals surface area contributed by atoms with E-state index in [1.54, 1.807) is 37.1 Å². The van der Waals surface area contributed by atoms with Crippen LogP contribution in [0.5, 0.6) is 11.5 Å². The highest BCUT2D eigenvalue weighted by atomic mass is 16.5. The van der Waals surface area contributed by atoms with Gasteiger partial charge in [0.15, 0.2) is 11.2 Å². The number of ether oxygens (including phenoxy) is 2. The van der Waals surface area contributed by atoms with Crippen LogP contribution in [-0.2, 0) is 13.1 Å². The van der Waals surface area contributed by atoms with Gasteiger partial charge in [-0.05, 0) is 17.7 Å². The molecule has 11 heteroatoms. The van der Waals surface area contributed by atoms with E-state index in [0.717, 1.165) is 5.56 Å². The lowest BCUT2D eigenvalue weighted by Gasteiger charge is -2.05. The molecule has 0 atom stereocenters. The van der Waals surface area contributed by atoms with Gasteiger partial charge in [-0.3, -0.25) is 9.36 Å². The van der Waals surface area contributed by atoms with Crippen molar-refractivity contribution in [2.75, 3.05) is 14.2 Å². The van der Waals surface area contributed by atoms with Gasteiger partial charge in [-0.2, -0.15) is 4.98 Å². The van der Waals surface area contributed by atoms with Crippen molar-refractivity contribution in [3.8, 4) is 22.9 Å². The Morgan fingerprint density at radius 2 is 1.76 bits per heavy atom. The predicted octanol–water partition coefficient (Wildman–Crippen LogP) is 2.15. The molecule has 0 amide bonds. The Balaban J connectivity index is 1.41. The second kappa shape index (κ2) is 8.54. The molecule has 0 N–H and O–H groups in total. The molecule has 3 heterocycles. The van der Waals surface area contributed by atoms with E-state index in [2.05, 4.69) is 25.4 Å². The Labute approximate surface area is 187 Å². The number of methoxy groups -OCH3 is 2. The molecule has 0 saturated heterocycles. The van der Waals surface area contributed by atoms with Crippen LogP contribution in [-0.4, -0.2) is 48.9 Å². The summed E-state index contributed by atoms with van der Waals surface area (Å²) in [6, 6.07) is 15.0. The highest BCUT2D eigenvalue weighted by Crippen LogP contribution is 2.28. The molecule has 0 unspecified atom stereocenters. The number of rotatable bonds is 7. The molecule has 0 aliphatic carbocycles. The third kappa shape index (κ3) is 4.03. The van der Waals surface area contributed by atoms with Crippen molar-refractivity contribution in [2.45, 2.75) is 13.1 Å². The molecule has 166 valence electrons. The van der Waals surface area contributed by atoms with E-state index in [0.29, 0.717) is 35.1 Å². The van der Waals surface area contributed by atoms with Crippen molar-refractivity contribution in [3.63, 3.8) is 0 Å². The van der Waals surface area contributed by atoms with Crippen LogP contribution >= 0.6 is 0 Å². The van der Waals surface area contributed by atoms with Crippen LogP contribution in [0.4, 0.5) is 0 Å². The summed E-state index contributed by atoms with van der Waals surface area (Å²) < 4.78 is 18.9. The van der Waals surface area contributed by atoms with Gasteiger partial charge in [0.1, 0.15) is 24.4 Å². The topological polar surface area (TPSA) is 123 Å². The van der Waals surface area contributed by atoms with Crippen molar-refractivity contribution >= 4 is 11.2 Å². The molecule has 5 rings (SSSR count). The van der Waals surface area contributed by atoms with Crippen LogP contribution in [0.1, 0.15) is 11.5 Å². The summed E-state index contributed by atoms with van der Waals surface area (Å²) in [5.41, 5.74) is 1.93. The first-order chi connectivity index (χ1) is 16.1. The summed E-state index contributed by atoms with van der Waals surface area (Å²) in [4.78, 5) is 21.7. The summed E-state index contributed by atoms with van der Waals surface area (Å²) in [7, 11) is 3.12. The van der Waals surface area contributed by atoms with Crippen molar-refractivity contribution in [1.29, 1.82) is 0 Å². The molecule has 0 bridgehead atoms. The van der Waals surface area contributed by atoms with Gasteiger partial charge >= 0.3 is 0 Å². The summed E-state index contributed by atoms with van der Waals surface area (Å²) in [6.45, 7) is 0.506.